The molecule has 0 saturated carbocycles. The minimum atomic E-state index is 0.315. The summed E-state index contributed by atoms with van der Waals surface area (Å²) in [6, 6.07) is 0. The molecule has 2 nitrogen and oxygen atoms in total. The van der Waals surface area contributed by atoms with Crippen LogP contribution in [-0.2, 0) is 9.47 Å². The summed E-state index contributed by atoms with van der Waals surface area (Å²) >= 11 is 3.41. The van der Waals surface area contributed by atoms with Crippen molar-refractivity contribution >= 4 is 15.9 Å². The first-order valence-electron chi connectivity index (χ1n) is 4.98. The third-order valence-corrected chi connectivity index (χ3v) is 2.83. The summed E-state index contributed by atoms with van der Waals surface area (Å²) in [6.07, 6.45) is 3.70. The molecule has 0 aromatic heterocycles. The number of ether oxygens (including phenoxy) is 2. The number of unbranched alkanes of at least 4 members (excludes halogenated alkanes) is 2. The average Bonchev–Trinajstić information content (AvgIpc) is 2.08. The summed E-state index contributed by atoms with van der Waals surface area (Å²) in [4.78, 5) is 0. The third-order valence-electron chi connectivity index (χ3n) is 2.27. The second-order valence-electron chi connectivity index (χ2n) is 4.11. The predicted octanol–water partition coefficient (Wildman–Crippen LogP) is 2.60. The minimum Gasteiger partial charge on any atom is -0.381 e. The largest absolute Gasteiger partial charge is 0.381 e. The van der Waals surface area contributed by atoms with Gasteiger partial charge in [-0.25, -0.2) is 0 Å². The predicted molar refractivity (Wildman–Crippen MR) is 57.4 cm³/mol. The van der Waals surface area contributed by atoms with Crippen LogP contribution in [0, 0.1) is 5.41 Å². The lowest BCUT2D eigenvalue weighted by Gasteiger charge is -2.37. The van der Waals surface area contributed by atoms with Crippen molar-refractivity contribution in [2.24, 2.45) is 5.41 Å². The Bertz CT molecular complexity index is 135. The van der Waals surface area contributed by atoms with Gasteiger partial charge < -0.3 is 9.47 Å². The van der Waals surface area contributed by atoms with Crippen LogP contribution in [0.15, 0.2) is 0 Å². The maximum Gasteiger partial charge on any atom is 0.0564 e. The van der Waals surface area contributed by atoms with Crippen LogP contribution in [0.1, 0.15) is 26.2 Å². The Morgan fingerprint density at radius 1 is 1.31 bits per heavy atom. The molecule has 0 spiro atoms. The van der Waals surface area contributed by atoms with E-state index in [1.54, 1.807) is 0 Å². The molecule has 1 aliphatic rings. The smallest absolute Gasteiger partial charge is 0.0564 e. The van der Waals surface area contributed by atoms with E-state index in [-0.39, 0.29) is 0 Å². The zero-order valence-corrected chi connectivity index (χ0v) is 9.94. The molecule has 0 aliphatic carbocycles. The fourth-order valence-electron chi connectivity index (χ4n) is 1.33. The second-order valence-corrected chi connectivity index (χ2v) is 4.90. The first-order valence-corrected chi connectivity index (χ1v) is 6.10. The van der Waals surface area contributed by atoms with E-state index in [1.807, 2.05) is 0 Å². The van der Waals surface area contributed by atoms with Crippen LogP contribution in [0.25, 0.3) is 0 Å². The molecule has 1 fully saturated rings. The number of rotatable bonds is 7. The molecule has 0 amide bonds. The molecule has 1 aliphatic heterocycles. The Hall–Kier alpha value is 0.400. The Labute approximate surface area is 89.1 Å². The standard InChI is InChI=1S/C10H19BrO2/c1-10(8-13-9-10)7-12-6-4-2-3-5-11/h2-9H2,1H3. The zero-order valence-electron chi connectivity index (χ0n) is 8.35. The molecule has 0 N–H and O–H groups in total. The van der Waals surface area contributed by atoms with Gasteiger partial charge in [0.1, 0.15) is 0 Å². The van der Waals surface area contributed by atoms with Gasteiger partial charge >= 0.3 is 0 Å². The van der Waals surface area contributed by atoms with Crippen molar-refractivity contribution in [3.63, 3.8) is 0 Å². The lowest BCUT2D eigenvalue weighted by Crippen LogP contribution is -2.43. The molecule has 13 heavy (non-hydrogen) atoms. The summed E-state index contributed by atoms with van der Waals surface area (Å²) in [7, 11) is 0. The number of hydrogen-bond donors (Lipinski definition) is 0. The van der Waals surface area contributed by atoms with Gasteiger partial charge in [0.15, 0.2) is 0 Å². The SMILES string of the molecule is CC1(COCCCCCBr)COC1. The lowest BCUT2D eigenvalue weighted by molar-refractivity contribution is -0.137. The van der Waals surface area contributed by atoms with E-state index >= 15 is 0 Å². The van der Waals surface area contributed by atoms with Gasteiger partial charge in [-0.05, 0) is 12.8 Å². The molecule has 1 saturated heterocycles. The van der Waals surface area contributed by atoms with Crippen LogP contribution >= 0.6 is 15.9 Å². The quantitative estimate of drug-likeness (QED) is 0.511. The van der Waals surface area contributed by atoms with Crippen LogP contribution in [0.5, 0.6) is 0 Å². The van der Waals surface area contributed by atoms with Crippen molar-refractivity contribution in [1.29, 1.82) is 0 Å². The average molecular weight is 251 g/mol. The van der Waals surface area contributed by atoms with E-state index in [0.717, 1.165) is 31.8 Å². The number of halogens is 1. The molecule has 0 unspecified atom stereocenters. The van der Waals surface area contributed by atoms with Crippen LogP contribution < -0.4 is 0 Å². The van der Waals surface area contributed by atoms with Gasteiger partial charge in [-0.1, -0.05) is 29.3 Å². The highest BCUT2D eigenvalue weighted by molar-refractivity contribution is 9.09. The summed E-state index contributed by atoms with van der Waals surface area (Å²) in [5.74, 6) is 0. The number of hydrogen-bond acceptors (Lipinski definition) is 2. The van der Waals surface area contributed by atoms with Gasteiger partial charge in [0.25, 0.3) is 0 Å². The van der Waals surface area contributed by atoms with Gasteiger partial charge in [-0.3, -0.25) is 0 Å². The van der Waals surface area contributed by atoms with Crippen molar-refractivity contribution in [1.82, 2.24) is 0 Å². The zero-order chi connectivity index (χ0) is 9.57. The van der Waals surface area contributed by atoms with E-state index in [2.05, 4.69) is 22.9 Å². The monoisotopic (exact) mass is 250 g/mol. The van der Waals surface area contributed by atoms with E-state index < -0.39 is 0 Å². The van der Waals surface area contributed by atoms with Crippen molar-refractivity contribution in [3.8, 4) is 0 Å². The first kappa shape index (κ1) is 11.5. The highest BCUT2D eigenvalue weighted by Crippen LogP contribution is 2.26. The summed E-state index contributed by atoms with van der Waals surface area (Å²) in [6.45, 7) is 5.72. The maximum atomic E-state index is 5.59. The summed E-state index contributed by atoms with van der Waals surface area (Å²) in [5, 5.41) is 1.11. The lowest BCUT2D eigenvalue weighted by atomic mass is 9.90. The fourth-order valence-corrected chi connectivity index (χ4v) is 1.72. The summed E-state index contributed by atoms with van der Waals surface area (Å²) in [5.41, 5.74) is 0.315. The maximum absolute atomic E-state index is 5.59. The van der Waals surface area contributed by atoms with E-state index in [4.69, 9.17) is 9.47 Å². The number of alkyl halides is 1. The van der Waals surface area contributed by atoms with Gasteiger partial charge in [0.05, 0.1) is 19.8 Å². The van der Waals surface area contributed by atoms with Gasteiger partial charge in [0.2, 0.25) is 0 Å². The van der Waals surface area contributed by atoms with Crippen LogP contribution in [0.2, 0.25) is 0 Å². The molecule has 78 valence electrons. The Balaban J connectivity index is 1.83. The van der Waals surface area contributed by atoms with Gasteiger partial charge in [-0.15, -0.1) is 0 Å². The van der Waals surface area contributed by atoms with Crippen LogP contribution in [0.4, 0.5) is 0 Å². The highest BCUT2D eigenvalue weighted by Gasteiger charge is 2.33. The molecule has 0 aromatic rings. The van der Waals surface area contributed by atoms with Crippen molar-refractivity contribution in [3.05, 3.63) is 0 Å². The third kappa shape index (κ3) is 4.43. The first-order chi connectivity index (χ1) is 6.27. The molecule has 0 atom stereocenters. The minimum absolute atomic E-state index is 0.315. The molecule has 1 rings (SSSR count). The Kier molecular flexibility index (Phi) is 5.29. The Morgan fingerprint density at radius 2 is 2.08 bits per heavy atom. The molecule has 0 aromatic carbocycles. The highest BCUT2D eigenvalue weighted by atomic mass is 79.9. The van der Waals surface area contributed by atoms with Crippen molar-refractivity contribution < 1.29 is 9.47 Å². The van der Waals surface area contributed by atoms with Crippen LogP contribution in [0.3, 0.4) is 0 Å². The molecule has 1 heterocycles. The normalized spacial score (nSPS) is 19.8. The van der Waals surface area contributed by atoms with Gasteiger partial charge in [-0.2, -0.15) is 0 Å². The summed E-state index contributed by atoms with van der Waals surface area (Å²) < 4.78 is 10.7. The molecular formula is C10H19BrO2. The van der Waals surface area contributed by atoms with E-state index in [9.17, 15) is 0 Å². The van der Waals surface area contributed by atoms with Crippen molar-refractivity contribution in [2.75, 3.05) is 31.8 Å². The van der Waals surface area contributed by atoms with Gasteiger partial charge in [0, 0.05) is 17.4 Å². The Morgan fingerprint density at radius 3 is 2.62 bits per heavy atom. The molecule has 0 radical (unpaired) electrons. The second kappa shape index (κ2) is 5.99. The topological polar surface area (TPSA) is 18.5 Å². The van der Waals surface area contributed by atoms with Crippen LogP contribution in [-0.4, -0.2) is 31.8 Å². The molecule has 0 bridgehead atoms. The van der Waals surface area contributed by atoms with E-state index in [0.29, 0.717) is 5.41 Å². The fraction of sp³-hybridized carbons (Fsp3) is 1.00. The van der Waals surface area contributed by atoms with Crippen molar-refractivity contribution in [2.45, 2.75) is 26.2 Å². The molecular weight excluding hydrogens is 232 g/mol. The van der Waals surface area contributed by atoms with E-state index in [1.165, 1.54) is 19.3 Å². The molecule has 3 heteroatoms.